The van der Waals surface area contributed by atoms with Crippen molar-refractivity contribution in [3.05, 3.63) is 53.2 Å². The van der Waals surface area contributed by atoms with E-state index < -0.39 is 0 Å². The third kappa shape index (κ3) is 3.05. The molecule has 6 heteroatoms. The van der Waals surface area contributed by atoms with Crippen molar-refractivity contribution >= 4 is 29.0 Å². The minimum Gasteiger partial charge on any atom is -0.313 e. The predicted octanol–water partition coefficient (Wildman–Crippen LogP) is 3.64. The van der Waals surface area contributed by atoms with Gasteiger partial charge in [0.05, 0.1) is 0 Å². The molecule has 0 amide bonds. The first-order chi connectivity index (χ1) is 10.3. The Kier molecular flexibility index (Phi) is 4.43. The van der Waals surface area contributed by atoms with Crippen LogP contribution >= 0.6 is 23.4 Å². The molecule has 3 aromatic rings. The smallest absolute Gasteiger partial charge is 0.200 e. The molecule has 0 aliphatic heterocycles. The summed E-state index contributed by atoms with van der Waals surface area (Å²) in [6.07, 6.45) is 1.96. The standard InChI is InChI=1S/C15H15ClN4S/c1-2-17-10-11-12(16)6-5-7-13(11)21-15-19-18-14-8-3-4-9-20(14)15/h3-9,17H,2,10H2,1H3. The van der Waals surface area contributed by atoms with Crippen molar-refractivity contribution in [2.75, 3.05) is 6.54 Å². The van der Waals surface area contributed by atoms with E-state index in [2.05, 4.69) is 28.5 Å². The van der Waals surface area contributed by atoms with E-state index in [9.17, 15) is 0 Å². The Labute approximate surface area is 132 Å². The molecule has 0 aliphatic carbocycles. The number of fused-ring (bicyclic) bond motifs is 1. The van der Waals surface area contributed by atoms with Crippen molar-refractivity contribution in [3.63, 3.8) is 0 Å². The van der Waals surface area contributed by atoms with Crippen LogP contribution in [-0.2, 0) is 6.54 Å². The van der Waals surface area contributed by atoms with Gasteiger partial charge in [0.25, 0.3) is 0 Å². The topological polar surface area (TPSA) is 42.2 Å². The number of hydrogen-bond acceptors (Lipinski definition) is 4. The van der Waals surface area contributed by atoms with Crippen LogP contribution in [0.25, 0.3) is 5.65 Å². The van der Waals surface area contributed by atoms with Gasteiger partial charge in [0.1, 0.15) is 0 Å². The summed E-state index contributed by atoms with van der Waals surface area (Å²) < 4.78 is 1.97. The second kappa shape index (κ2) is 6.47. The number of nitrogens with one attached hydrogen (secondary N) is 1. The molecule has 0 aliphatic rings. The molecule has 0 fully saturated rings. The maximum Gasteiger partial charge on any atom is 0.200 e. The fourth-order valence-electron chi connectivity index (χ4n) is 2.04. The summed E-state index contributed by atoms with van der Waals surface area (Å²) >= 11 is 7.91. The van der Waals surface area contributed by atoms with Gasteiger partial charge in [0.15, 0.2) is 10.8 Å². The molecule has 1 N–H and O–H groups in total. The Morgan fingerprint density at radius 1 is 1.19 bits per heavy atom. The SMILES string of the molecule is CCNCc1c(Cl)cccc1Sc1nnc2ccccn12. The van der Waals surface area contributed by atoms with Crippen molar-refractivity contribution < 1.29 is 0 Å². The predicted molar refractivity (Wildman–Crippen MR) is 85.9 cm³/mol. The van der Waals surface area contributed by atoms with E-state index in [-0.39, 0.29) is 0 Å². The fourth-order valence-corrected chi connectivity index (χ4v) is 3.32. The zero-order valence-electron chi connectivity index (χ0n) is 11.6. The number of nitrogens with zero attached hydrogens (tertiary/aromatic N) is 3. The van der Waals surface area contributed by atoms with Crippen LogP contribution in [0.3, 0.4) is 0 Å². The van der Waals surface area contributed by atoms with Gasteiger partial charge >= 0.3 is 0 Å². The monoisotopic (exact) mass is 318 g/mol. The van der Waals surface area contributed by atoms with Crippen LogP contribution in [-0.4, -0.2) is 21.1 Å². The molecule has 3 rings (SSSR count). The summed E-state index contributed by atoms with van der Waals surface area (Å²) in [5, 5.41) is 13.4. The lowest BCUT2D eigenvalue weighted by atomic mass is 10.2. The zero-order chi connectivity index (χ0) is 14.7. The van der Waals surface area contributed by atoms with E-state index in [1.54, 1.807) is 11.8 Å². The molecule has 0 bridgehead atoms. The number of benzene rings is 1. The quantitative estimate of drug-likeness (QED) is 0.780. The molecular formula is C15H15ClN4S. The largest absolute Gasteiger partial charge is 0.313 e. The van der Waals surface area contributed by atoms with Crippen molar-refractivity contribution in [1.82, 2.24) is 19.9 Å². The van der Waals surface area contributed by atoms with Crippen LogP contribution in [0, 0.1) is 0 Å². The van der Waals surface area contributed by atoms with E-state index in [1.165, 1.54) is 0 Å². The number of hydrogen-bond donors (Lipinski definition) is 1. The Balaban J connectivity index is 1.96. The first-order valence-corrected chi connectivity index (χ1v) is 7.94. The highest BCUT2D eigenvalue weighted by Gasteiger charge is 2.12. The Bertz CT molecular complexity index is 756. The Morgan fingerprint density at radius 2 is 2.10 bits per heavy atom. The fraction of sp³-hybridized carbons (Fsp3) is 0.200. The van der Waals surface area contributed by atoms with Crippen LogP contribution in [0.5, 0.6) is 0 Å². The summed E-state index contributed by atoms with van der Waals surface area (Å²) in [4.78, 5) is 1.10. The lowest BCUT2D eigenvalue weighted by Crippen LogP contribution is -2.12. The maximum atomic E-state index is 6.33. The second-order valence-electron chi connectivity index (χ2n) is 4.51. The third-order valence-electron chi connectivity index (χ3n) is 3.11. The first-order valence-electron chi connectivity index (χ1n) is 6.75. The molecule has 0 spiro atoms. The van der Waals surface area contributed by atoms with Crippen molar-refractivity contribution in [2.45, 2.75) is 23.5 Å². The number of halogens is 1. The molecule has 0 saturated carbocycles. The minimum atomic E-state index is 0.745. The molecule has 0 atom stereocenters. The van der Waals surface area contributed by atoms with Crippen LogP contribution in [0.4, 0.5) is 0 Å². The zero-order valence-corrected chi connectivity index (χ0v) is 13.2. The van der Waals surface area contributed by atoms with Crippen LogP contribution < -0.4 is 5.32 Å². The van der Waals surface area contributed by atoms with Crippen molar-refractivity contribution in [2.24, 2.45) is 0 Å². The summed E-state index contributed by atoms with van der Waals surface area (Å²) in [5.74, 6) is 0. The molecule has 21 heavy (non-hydrogen) atoms. The highest BCUT2D eigenvalue weighted by atomic mass is 35.5. The third-order valence-corrected chi connectivity index (χ3v) is 4.53. The maximum absolute atomic E-state index is 6.33. The van der Waals surface area contributed by atoms with Gasteiger partial charge in [-0.2, -0.15) is 0 Å². The normalized spacial score (nSPS) is 11.1. The molecule has 1 aromatic carbocycles. The average molecular weight is 319 g/mol. The number of aromatic nitrogens is 3. The lowest BCUT2D eigenvalue weighted by molar-refractivity contribution is 0.718. The molecule has 108 valence electrons. The lowest BCUT2D eigenvalue weighted by Gasteiger charge is -2.10. The van der Waals surface area contributed by atoms with Gasteiger partial charge in [-0.15, -0.1) is 10.2 Å². The Hall–Kier alpha value is -1.56. The van der Waals surface area contributed by atoms with Gasteiger partial charge in [0.2, 0.25) is 0 Å². The van der Waals surface area contributed by atoms with Crippen molar-refractivity contribution in [1.29, 1.82) is 0 Å². The van der Waals surface area contributed by atoms with Gasteiger partial charge in [-0.1, -0.05) is 30.7 Å². The van der Waals surface area contributed by atoms with Gasteiger partial charge in [-0.25, -0.2) is 0 Å². The summed E-state index contributed by atoms with van der Waals surface area (Å²) in [6, 6.07) is 11.8. The summed E-state index contributed by atoms with van der Waals surface area (Å²) in [5.41, 5.74) is 1.94. The summed E-state index contributed by atoms with van der Waals surface area (Å²) in [7, 11) is 0. The van der Waals surface area contributed by atoms with E-state index in [0.29, 0.717) is 0 Å². The van der Waals surface area contributed by atoms with Crippen molar-refractivity contribution in [3.8, 4) is 0 Å². The van der Waals surface area contributed by atoms with Gasteiger partial charge in [-0.3, -0.25) is 4.40 Å². The van der Waals surface area contributed by atoms with Gasteiger partial charge < -0.3 is 5.32 Å². The Morgan fingerprint density at radius 3 is 2.95 bits per heavy atom. The molecule has 4 nitrogen and oxygen atoms in total. The molecule has 0 saturated heterocycles. The van der Waals surface area contributed by atoms with E-state index in [1.807, 2.05) is 40.9 Å². The molecule has 0 radical (unpaired) electrons. The minimum absolute atomic E-state index is 0.745. The first kappa shape index (κ1) is 14.4. The molecule has 0 unspecified atom stereocenters. The highest BCUT2D eigenvalue weighted by molar-refractivity contribution is 7.99. The average Bonchev–Trinajstić information content (AvgIpc) is 2.90. The van der Waals surface area contributed by atoms with E-state index >= 15 is 0 Å². The molecule has 2 heterocycles. The summed E-state index contributed by atoms with van der Waals surface area (Å²) in [6.45, 7) is 3.73. The molecular weight excluding hydrogens is 304 g/mol. The van der Waals surface area contributed by atoms with Gasteiger partial charge in [-0.05, 0) is 48.1 Å². The van der Waals surface area contributed by atoms with Gasteiger partial charge in [0, 0.05) is 22.7 Å². The number of rotatable bonds is 5. The van der Waals surface area contributed by atoms with Crippen LogP contribution in [0.2, 0.25) is 5.02 Å². The number of pyridine rings is 1. The highest BCUT2D eigenvalue weighted by Crippen LogP contribution is 2.33. The van der Waals surface area contributed by atoms with Crippen LogP contribution in [0.15, 0.2) is 52.6 Å². The second-order valence-corrected chi connectivity index (χ2v) is 5.93. The van der Waals surface area contributed by atoms with Crippen LogP contribution in [0.1, 0.15) is 12.5 Å². The van der Waals surface area contributed by atoms with E-state index in [0.717, 1.165) is 39.4 Å². The van der Waals surface area contributed by atoms with E-state index in [4.69, 9.17) is 11.6 Å². The molecule has 2 aromatic heterocycles.